The number of anilines is 1. The Hall–Kier alpha value is -2.34. The molecule has 4 atom stereocenters. The van der Waals surface area contributed by atoms with Gasteiger partial charge in [0.25, 0.3) is 0 Å². The number of allylic oxidation sites excluding steroid dienone is 2. The summed E-state index contributed by atoms with van der Waals surface area (Å²) in [6.07, 6.45) is 11.3. The van der Waals surface area contributed by atoms with E-state index in [1.165, 1.54) is 29.3 Å². The number of hydrogen-bond acceptors (Lipinski definition) is 4. The summed E-state index contributed by atoms with van der Waals surface area (Å²) in [6, 6.07) is 8.46. The summed E-state index contributed by atoms with van der Waals surface area (Å²) in [6.45, 7) is 2.39. The molecular formula is C27H31FN2O2S. The van der Waals surface area contributed by atoms with Gasteiger partial charge in [0.05, 0.1) is 12.6 Å². The van der Waals surface area contributed by atoms with Crippen LogP contribution in [0.15, 0.2) is 42.7 Å². The Kier molecular flexibility index (Phi) is 5.98. The first kappa shape index (κ1) is 22.5. The Morgan fingerprint density at radius 3 is 2.94 bits per heavy atom. The van der Waals surface area contributed by atoms with Gasteiger partial charge in [0.1, 0.15) is 5.82 Å². The van der Waals surface area contributed by atoms with Crippen LogP contribution in [0.4, 0.5) is 10.1 Å². The highest BCUT2D eigenvalue weighted by Crippen LogP contribution is 2.63. The minimum absolute atomic E-state index is 0.0923. The molecule has 6 heteroatoms. The number of aryl methyl sites for hydroxylation is 1. The van der Waals surface area contributed by atoms with Gasteiger partial charge in [-0.05, 0) is 108 Å². The van der Waals surface area contributed by atoms with Crippen molar-refractivity contribution in [2.45, 2.75) is 51.4 Å². The summed E-state index contributed by atoms with van der Waals surface area (Å²) < 4.78 is 16.0. The predicted molar refractivity (Wildman–Crippen MR) is 132 cm³/mol. The molecular weight excluding hydrogens is 435 g/mol. The number of aliphatic carboxylic acids is 1. The number of carboxylic acids is 1. The maximum Gasteiger partial charge on any atom is 0.304 e. The Morgan fingerprint density at radius 2 is 2.15 bits per heavy atom. The van der Waals surface area contributed by atoms with Crippen LogP contribution >= 0.6 is 11.9 Å². The predicted octanol–water partition coefficient (Wildman–Crippen LogP) is 6.33. The fourth-order valence-corrected chi connectivity index (χ4v) is 7.49. The monoisotopic (exact) mass is 466 g/mol. The SMILES string of the molecule is CN(SCCC(=O)O)c1ccc2c(c1)CCC1C2CCC2(C)C(c3cncc(F)c3)=CCC12. The lowest BCUT2D eigenvalue weighted by atomic mass is 9.54. The zero-order valence-corrected chi connectivity index (χ0v) is 20.1. The molecule has 0 spiro atoms. The average Bonchev–Trinajstić information content (AvgIpc) is 3.15. The lowest BCUT2D eigenvalue weighted by molar-refractivity contribution is -0.136. The summed E-state index contributed by atoms with van der Waals surface area (Å²) in [5, 5.41) is 8.89. The minimum atomic E-state index is -0.755. The van der Waals surface area contributed by atoms with Gasteiger partial charge in [0, 0.05) is 24.7 Å². The van der Waals surface area contributed by atoms with Gasteiger partial charge in [0.2, 0.25) is 0 Å². The van der Waals surface area contributed by atoms with Gasteiger partial charge in [-0.3, -0.25) is 9.78 Å². The topological polar surface area (TPSA) is 53.4 Å². The van der Waals surface area contributed by atoms with E-state index in [1.54, 1.807) is 18.0 Å². The molecule has 0 amide bonds. The maximum absolute atomic E-state index is 13.9. The number of nitrogens with zero attached hydrogens (tertiary/aromatic N) is 2. The summed E-state index contributed by atoms with van der Waals surface area (Å²) in [7, 11) is 2.01. The van der Waals surface area contributed by atoms with E-state index in [1.807, 2.05) is 13.2 Å². The molecule has 0 bridgehead atoms. The number of carbonyl (C=O) groups is 1. The summed E-state index contributed by atoms with van der Waals surface area (Å²) in [5.41, 5.74) is 6.42. The zero-order chi connectivity index (χ0) is 23.2. The largest absolute Gasteiger partial charge is 0.481 e. The fourth-order valence-electron chi connectivity index (χ4n) is 6.68. The van der Waals surface area contributed by atoms with Crippen LogP contribution in [-0.2, 0) is 11.2 Å². The number of halogens is 1. The molecule has 3 aliphatic rings. The fraction of sp³-hybridized carbons (Fsp3) is 0.481. The van der Waals surface area contributed by atoms with E-state index >= 15 is 0 Å². The molecule has 1 aromatic heterocycles. The van der Waals surface area contributed by atoms with E-state index in [2.05, 4.69) is 40.5 Å². The second kappa shape index (κ2) is 8.79. The van der Waals surface area contributed by atoms with Crippen LogP contribution in [0.5, 0.6) is 0 Å². The molecule has 0 aliphatic heterocycles. The van der Waals surface area contributed by atoms with Crippen molar-refractivity contribution < 1.29 is 14.3 Å². The average molecular weight is 467 g/mol. The molecule has 1 fully saturated rings. The normalized spacial score (nSPS) is 27.8. The summed E-state index contributed by atoms with van der Waals surface area (Å²) >= 11 is 1.56. The molecule has 4 unspecified atom stereocenters. The van der Waals surface area contributed by atoms with E-state index < -0.39 is 5.97 Å². The molecule has 0 saturated heterocycles. The maximum atomic E-state index is 13.9. The van der Waals surface area contributed by atoms with Crippen molar-refractivity contribution in [2.75, 3.05) is 17.1 Å². The van der Waals surface area contributed by atoms with Gasteiger partial charge in [-0.2, -0.15) is 0 Å². The minimum Gasteiger partial charge on any atom is -0.481 e. The first-order chi connectivity index (χ1) is 15.9. The van der Waals surface area contributed by atoms with Crippen molar-refractivity contribution >= 4 is 29.2 Å². The summed E-state index contributed by atoms with van der Waals surface area (Å²) in [5.74, 6) is 1.39. The van der Waals surface area contributed by atoms with Crippen molar-refractivity contribution in [3.05, 3.63) is 65.2 Å². The first-order valence-corrected chi connectivity index (χ1v) is 12.8. The van der Waals surface area contributed by atoms with Crippen LogP contribution in [-0.4, -0.2) is 28.9 Å². The second-order valence-corrected chi connectivity index (χ2v) is 11.2. The van der Waals surface area contributed by atoms with Crippen LogP contribution in [0.25, 0.3) is 5.57 Å². The Labute approximate surface area is 199 Å². The Balaban J connectivity index is 1.34. The van der Waals surface area contributed by atoms with E-state index in [0.717, 1.165) is 36.9 Å². The molecule has 2 aromatic rings. The molecule has 1 saturated carbocycles. The van der Waals surface area contributed by atoms with Gasteiger partial charge in [-0.25, -0.2) is 4.39 Å². The third-order valence-electron chi connectivity index (χ3n) is 8.27. The van der Waals surface area contributed by atoms with E-state index in [0.29, 0.717) is 23.5 Å². The third kappa shape index (κ3) is 4.07. The number of pyridine rings is 1. The highest BCUT2D eigenvalue weighted by atomic mass is 32.2. The number of aromatic nitrogens is 1. The van der Waals surface area contributed by atoms with Gasteiger partial charge >= 0.3 is 5.97 Å². The molecule has 3 aliphatic carbocycles. The molecule has 5 rings (SSSR count). The molecule has 33 heavy (non-hydrogen) atoms. The van der Waals surface area contributed by atoms with Gasteiger partial charge < -0.3 is 9.41 Å². The number of rotatable bonds is 6. The molecule has 4 nitrogen and oxygen atoms in total. The van der Waals surface area contributed by atoms with Crippen molar-refractivity contribution in [1.82, 2.24) is 4.98 Å². The van der Waals surface area contributed by atoms with E-state index in [4.69, 9.17) is 5.11 Å². The first-order valence-electron chi connectivity index (χ1n) is 11.9. The number of benzene rings is 1. The number of fused-ring (bicyclic) bond motifs is 5. The van der Waals surface area contributed by atoms with E-state index in [9.17, 15) is 9.18 Å². The van der Waals surface area contributed by atoms with Crippen molar-refractivity contribution in [3.8, 4) is 0 Å². The van der Waals surface area contributed by atoms with Crippen LogP contribution in [0.3, 0.4) is 0 Å². The highest BCUT2D eigenvalue weighted by molar-refractivity contribution is 8.00. The van der Waals surface area contributed by atoms with E-state index in [-0.39, 0.29) is 17.7 Å². The second-order valence-electron chi connectivity index (χ2n) is 9.97. The molecule has 1 aromatic carbocycles. The number of hydrogen-bond donors (Lipinski definition) is 1. The van der Waals surface area contributed by atoms with Crippen LogP contribution in [0, 0.1) is 23.1 Å². The summed E-state index contributed by atoms with van der Waals surface area (Å²) in [4.78, 5) is 14.9. The highest BCUT2D eigenvalue weighted by Gasteiger charge is 2.51. The lowest BCUT2D eigenvalue weighted by Gasteiger charge is -2.50. The van der Waals surface area contributed by atoms with Crippen LogP contribution < -0.4 is 4.31 Å². The van der Waals surface area contributed by atoms with Gasteiger partial charge in [-0.15, -0.1) is 0 Å². The molecule has 0 radical (unpaired) electrons. The molecule has 1 heterocycles. The third-order valence-corrected chi connectivity index (χ3v) is 9.26. The van der Waals surface area contributed by atoms with Crippen LogP contribution in [0.1, 0.15) is 61.6 Å². The molecule has 1 N–H and O–H groups in total. The zero-order valence-electron chi connectivity index (χ0n) is 19.3. The number of carboxylic acid groups (broad SMARTS) is 1. The van der Waals surface area contributed by atoms with Crippen molar-refractivity contribution in [2.24, 2.45) is 17.3 Å². The van der Waals surface area contributed by atoms with Gasteiger partial charge in [-0.1, -0.05) is 19.1 Å². The Bertz CT molecular complexity index is 1100. The lowest BCUT2D eigenvalue weighted by Crippen LogP contribution is -2.40. The van der Waals surface area contributed by atoms with Crippen molar-refractivity contribution in [3.63, 3.8) is 0 Å². The Morgan fingerprint density at radius 1 is 1.30 bits per heavy atom. The smallest absolute Gasteiger partial charge is 0.304 e. The van der Waals surface area contributed by atoms with Crippen LogP contribution in [0.2, 0.25) is 0 Å². The quantitative estimate of drug-likeness (QED) is 0.504. The molecule has 174 valence electrons. The van der Waals surface area contributed by atoms with Crippen molar-refractivity contribution in [1.29, 1.82) is 0 Å². The van der Waals surface area contributed by atoms with Gasteiger partial charge in [0.15, 0.2) is 0 Å². The standard InChI is InChI=1S/C27H31FN2O2S/c1-27-11-9-22-21-6-4-20(30(2)33-12-10-26(31)32)14-17(21)3-5-23(22)25(27)8-7-24(27)18-13-19(28)16-29-15-18/h4,6-7,13-16,22-23,25H,3,5,8-12H2,1-2H3,(H,31,32).